The monoisotopic (exact) mass is 244 g/mol. The van der Waals surface area contributed by atoms with Crippen LogP contribution < -0.4 is 0 Å². The van der Waals surface area contributed by atoms with Crippen molar-refractivity contribution in [1.82, 2.24) is 0 Å². The van der Waals surface area contributed by atoms with Crippen molar-refractivity contribution in [1.29, 1.82) is 0 Å². The number of benzene rings is 1. The van der Waals surface area contributed by atoms with E-state index in [9.17, 15) is 9.50 Å². The van der Waals surface area contributed by atoms with Crippen molar-refractivity contribution in [3.8, 4) is 0 Å². The molecule has 0 aromatic heterocycles. The van der Waals surface area contributed by atoms with E-state index in [0.717, 1.165) is 10.0 Å². The van der Waals surface area contributed by atoms with Crippen LogP contribution in [0.3, 0.4) is 0 Å². The first-order valence-corrected chi connectivity index (χ1v) is 5.01. The summed E-state index contributed by atoms with van der Waals surface area (Å²) in [7, 11) is 0. The lowest BCUT2D eigenvalue weighted by Crippen LogP contribution is -2.10. The van der Waals surface area contributed by atoms with Crippen LogP contribution in [0.5, 0.6) is 0 Å². The summed E-state index contributed by atoms with van der Waals surface area (Å²) in [4.78, 5) is 0. The van der Waals surface area contributed by atoms with Gasteiger partial charge in [0.05, 0.1) is 5.60 Å². The van der Waals surface area contributed by atoms with E-state index < -0.39 is 5.60 Å². The molecule has 0 spiro atoms. The summed E-state index contributed by atoms with van der Waals surface area (Å²) in [5.74, 6) is -0.305. The van der Waals surface area contributed by atoms with Crippen molar-refractivity contribution in [2.75, 3.05) is 0 Å². The molecule has 1 aliphatic carbocycles. The Balaban J connectivity index is 2.61. The van der Waals surface area contributed by atoms with Crippen LogP contribution in [0.25, 0.3) is 0 Å². The number of hydrogen-bond donors (Lipinski definition) is 1. The zero-order chi connectivity index (χ0) is 9.64. The Bertz CT molecular complexity index is 358. The van der Waals surface area contributed by atoms with E-state index in [0.29, 0.717) is 18.4 Å². The third-order valence-electron chi connectivity index (χ3n) is 2.54. The van der Waals surface area contributed by atoms with Crippen LogP contribution in [0.2, 0.25) is 0 Å². The Hall–Kier alpha value is -0.410. The molecule has 0 saturated heterocycles. The third kappa shape index (κ3) is 1.40. The maximum Gasteiger partial charge on any atom is 0.129 e. The largest absolute Gasteiger partial charge is 0.385 e. The van der Waals surface area contributed by atoms with E-state index in [-0.39, 0.29) is 5.82 Å². The highest BCUT2D eigenvalue weighted by Crippen LogP contribution is 2.48. The third-order valence-corrected chi connectivity index (χ3v) is 3.40. The predicted molar refractivity (Wildman–Crippen MR) is 52.0 cm³/mol. The molecule has 1 aromatic carbocycles. The molecule has 1 aliphatic rings. The molecule has 1 fully saturated rings. The summed E-state index contributed by atoms with van der Waals surface area (Å²) in [6.07, 6.45) is 1.34. The predicted octanol–water partition coefficient (Wildman–Crippen LogP) is 2.88. The minimum atomic E-state index is -0.891. The van der Waals surface area contributed by atoms with Gasteiger partial charge in [-0.2, -0.15) is 0 Å². The Morgan fingerprint density at radius 3 is 2.62 bits per heavy atom. The molecule has 13 heavy (non-hydrogen) atoms. The molecule has 1 aromatic rings. The lowest BCUT2D eigenvalue weighted by Gasteiger charge is -2.13. The molecule has 0 aliphatic heterocycles. The second-order valence-corrected chi connectivity index (χ2v) is 4.42. The number of hydrogen-bond acceptors (Lipinski definition) is 1. The maximum atomic E-state index is 13.4. The van der Waals surface area contributed by atoms with Gasteiger partial charge in [0.15, 0.2) is 0 Å². The number of halogens is 2. The molecule has 1 saturated carbocycles. The van der Waals surface area contributed by atoms with E-state index in [2.05, 4.69) is 15.9 Å². The van der Waals surface area contributed by atoms with Gasteiger partial charge < -0.3 is 5.11 Å². The molecule has 70 valence electrons. The Morgan fingerprint density at radius 1 is 1.46 bits per heavy atom. The van der Waals surface area contributed by atoms with Crippen molar-refractivity contribution < 1.29 is 9.50 Å². The SMILES string of the molecule is Cc1c(Br)ccc(F)c1C1(O)CC1. The summed E-state index contributed by atoms with van der Waals surface area (Å²) in [6.45, 7) is 1.82. The topological polar surface area (TPSA) is 20.2 Å². The molecule has 0 atom stereocenters. The van der Waals surface area contributed by atoms with Crippen molar-refractivity contribution in [3.05, 3.63) is 33.5 Å². The van der Waals surface area contributed by atoms with Gasteiger partial charge >= 0.3 is 0 Å². The van der Waals surface area contributed by atoms with Crippen LogP contribution in [-0.2, 0) is 5.60 Å². The zero-order valence-electron chi connectivity index (χ0n) is 7.27. The van der Waals surface area contributed by atoms with Gasteiger partial charge in [0.1, 0.15) is 5.82 Å². The van der Waals surface area contributed by atoms with Crippen LogP contribution in [-0.4, -0.2) is 5.11 Å². The van der Waals surface area contributed by atoms with Crippen molar-refractivity contribution in [2.45, 2.75) is 25.4 Å². The van der Waals surface area contributed by atoms with Gasteiger partial charge in [-0.1, -0.05) is 15.9 Å². The number of aliphatic hydroxyl groups is 1. The van der Waals surface area contributed by atoms with Gasteiger partial charge in [-0.3, -0.25) is 0 Å². The molecular formula is C10H10BrFO. The second kappa shape index (κ2) is 2.79. The quantitative estimate of drug-likeness (QED) is 0.806. The molecule has 0 unspecified atom stereocenters. The summed E-state index contributed by atoms with van der Waals surface area (Å²) >= 11 is 3.32. The van der Waals surface area contributed by atoms with Crippen LogP contribution in [0.15, 0.2) is 16.6 Å². The maximum absolute atomic E-state index is 13.4. The van der Waals surface area contributed by atoms with Crippen LogP contribution in [0.1, 0.15) is 24.0 Å². The molecule has 0 radical (unpaired) electrons. The highest BCUT2D eigenvalue weighted by Gasteiger charge is 2.45. The van der Waals surface area contributed by atoms with Crippen molar-refractivity contribution in [2.24, 2.45) is 0 Å². The van der Waals surface area contributed by atoms with E-state index in [4.69, 9.17) is 0 Å². The summed E-state index contributed by atoms with van der Waals surface area (Å²) in [5.41, 5.74) is 0.375. The molecular weight excluding hydrogens is 235 g/mol. The Kier molecular flexibility index (Phi) is 1.96. The van der Waals surface area contributed by atoms with E-state index >= 15 is 0 Å². The van der Waals surface area contributed by atoms with Crippen molar-refractivity contribution >= 4 is 15.9 Å². The second-order valence-electron chi connectivity index (χ2n) is 3.56. The van der Waals surface area contributed by atoms with Gasteiger partial charge in [-0.25, -0.2) is 4.39 Å². The van der Waals surface area contributed by atoms with Gasteiger partial charge in [0.2, 0.25) is 0 Å². The normalized spacial score (nSPS) is 18.8. The summed E-state index contributed by atoms with van der Waals surface area (Å²) in [6, 6.07) is 3.06. The van der Waals surface area contributed by atoms with Crippen LogP contribution >= 0.6 is 15.9 Å². The van der Waals surface area contributed by atoms with Crippen LogP contribution in [0, 0.1) is 12.7 Å². The molecule has 0 amide bonds. The summed E-state index contributed by atoms with van der Waals surface area (Å²) < 4.78 is 14.2. The minimum absolute atomic E-state index is 0.305. The van der Waals surface area contributed by atoms with E-state index in [1.807, 2.05) is 6.92 Å². The van der Waals surface area contributed by atoms with Crippen LogP contribution in [0.4, 0.5) is 4.39 Å². The van der Waals surface area contributed by atoms with Gasteiger partial charge in [-0.05, 0) is 37.5 Å². The van der Waals surface area contributed by atoms with Gasteiger partial charge in [0.25, 0.3) is 0 Å². The van der Waals surface area contributed by atoms with E-state index in [1.165, 1.54) is 6.07 Å². The fourth-order valence-electron chi connectivity index (χ4n) is 1.59. The highest BCUT2D eigenvalue weighted by molar-refractivity contribution is 9.10. The lowest BCUT2D eigenvalue weighted by atomic mass is 10.0. The highest BCUT2D eigenvalue weighted by atomic mass is 79.9. The minimum Gasteiger partial charge on any atom is -0.385 e. The molecule has 1 nitrogen and oxygen atoms in total. The van der Waals surface area contributed by atoms with Crippen molar-refractivity contribution in [3.63, 3.8) is 0 Å². The summed E-state index contributed by atoms with van der Waals surface area (Å²) in [5, 5.41) is 9.83. The number of rotatable bonds is 1. The first kappa shape index (κ1) is 9.16. The van der Waals surface area contributed by atoms with Gasteiger partial charge in [-0.15, -0.1) is 0 Å². The zero-order valence-corrected chi connectivity index (χ0v) is 8.86. The fraction of sp³-hybridized carbons (Fsp3) is 0.400. The average molecular weight is 245 g/mol. The first-order valence-electron chi connectivity index (χ1n) is 4.22. The molecule has 0 bridgehead atoms. The Morgan fingerprint density at radius 2 is 2.08 bits per heavy atom. The lowest BCUT2D eigenvalue weighted by molar-refractivity contribution is 0.146. The smallest absolute Gasteiger partial charge is 0.129 e. The van der Waals surface area contributed by atoms with Gasteiger partial charge in [0, 0.05) is 10.0 Å². The average Bonchev–Trinajstić information content (AvgIpc) is 2.78. The molecule has 3 heteroatoms. The Labute approximate surface area is 84.7 Å². The molecule has 2 rings (SSSR count). The molecule has 1 N–H and O–H groups in total. The molecule has 0 heterocycles. The van der Waals surface area contributed by atoms with E-state index in [1.54, 1.807) is 6.07 Å². The standard InChI is InChI=1S/C10H10BrFO/c1-6-7(11)2-3-8(12)9(6)10(13)4-5-10/h2-3,13H,4-5H2,1H3. The first-order chi connectivity index (χ1) is 6.04. The fourth-order valence-corrected chi connectivity index (χ4v) is 1.92.